The van der Waals surface area contributed by atoms with Crippen LogP contribution in [-0.4, -0.2) is 52.9 Å². The Hall–Kier alpha value is -4.09. The summed E-state index contributed by atoms with van der Waals surface area (Å²) in [6, 6.07) is 7.47. The summed E-state index contributed by atoms with van der Waals surface area (Å²) in [6.45, 7) is 0.896. The number of carbonyl (C=O) groups excluding carboxylic acids is 1. The average molecular weight is 478 g/mol. The Morgan fingerprint density at radius 3 is 2.60 bits per heavy atom. The molecule has 1 aromatic carbocycles. The Morgan fingerprint density at radius 2 is 1.86 bits per heavy atom. The molecule has 0 saturated heterocycles. The van der Waals surface area contributed by atoms with Gasteiger partial charge in [-0.25, -0.2) is 9.97 Å². The molecule has 4 aromatic rings. The molecule has 0 bridgehead atoms. The third-order valence-corrected chi connectivity index (χ3v) is 6.56. The molecule has 10 nitrogen and oxygen atoms in total. The maximum Gasteiger partial charge on any atom is 0.309 e. The van der Waals surface area contributed by atoms with Gasteiger partial charge in [0.05, 0.1) is 17.8 Å². The average Bonchev–Trinajstić information content (AvgIpc) is 3.63. The van der Waals surface area contributed by atoms with Crippen LogP contribution in [0.2, 0.25) is 0 Å². The highest BCUT2D eigenvalue weighted by molar-refractivity contribution is 5.78. The number of amides is 1. The molecule has 6 rings (SSSR count). The Labute approximate surface area is 197 Å². The fourth-order valence-electron chi connectivity index (χ4n) is 4.61. The van der Waals surface area contributed by atoms with Crippen molar-refractivity contribution in [3.05, 3.63) is 70.9 Å². The highest BCUT2D eigenvalue weighted by Gasteiger charge is 2.46. The molecular formula is C23H20F2N8O2. The minimum absolute atomic E-state index is 0.0633. The molecule has 0 spiro atoms. The van der Waals surface area contributed by atoms with Crippen molar-refractivity contribution in [1.82, 2.24) is 40.5 Å². The van der Waals surface area contributed by atoms with Crippen molar-refractivity contribution in [1.29, 1.82) is 0 Å². The minimum atomic E-state index is -3.18. The quantitative estimate of drug-likeness (QED) is 0.463. The van der Waals surface area contributed by atoms with E-state index in [9.17, 15) is 4.79 Å². The van der Waals surface area contributed by atoms with Crippen LogP contribution >= 0.6 is 0 Å². The summed E-state index contributed by atoms with van der Waals surface area (Å²) in [5, 5.41) is 18.4. The second-order valence-electron chi connectivity index (χ2n) is 8.77. The Bertz CT molecular complexity index is 1360. The van der Waals surface area contributed by atoms with E-state index in [1.807, 2.05) is 24.3 Å². The number of hydrogen-bond acceptors (Lipinski definition) is 8. The first-order valence-electron chi connectivity index (χ1n) is 11.2. The van der Waals surface area contributed by atoms with Crippen molar-refractivity contribution >= 4 is 5.91 Å². The van der Waals surface area contributed by atoms with Gasteiger partial charge in [0.25, 0.3) is 5.89 Å². The molecule has 178 valence electrons. The van der Waals surface area contributed by atoms with Crippen LogP contribution in [0.3, 0.4) is 0 Å². The fourth-order valence-corrected chi connectivity index (χ4v) is 4.61. The first-order valence-corrected chi connectivity index (χ1v) is 11.2. The van der Waals surface area contributed by atoms with Gasteiger partial charge in [-0.3, -0.25) is 9.89 Å². The molecule has 1 N–H and O–H groups in total. The molecule has 1 aliphatic carbocycles. The fraction of sp³-hybridized carbons (Fsp3) is 0.348. The number of nitrogens with zero attached hydrogens (tertiary/aromatic N) is 7. The maximum absolute atomic E-state index is 15.1. The van der Waals surface area contributed by atoms with Crippen LogP contribution in [0.5, 0.6) is 0 Å². The molecule has 0 fully saturated rings. The van der Waals surface area contributed by atoms with E-state index < -0.39 is 17.7 Å². The lowest BCUT2D eigenvalue weighted by molar-refractivity contribution is -0.131. The van der Waals surface area contributed by atoms with E-state index in [1.54, 1.807) is 4.90 Å². The number of fused-ring (bicyclic) bond motifs is 2. The summed E-state index contributed by atoms with van der Waals surface area (Å²) in [7, 11) is 0. The van der Waals surface area contributed by atoms with Crippen molar-refractivity contribution in [2.24, 2.45) is 5.92 Å². The van der Waals surface area contributed by atoms with Gasteiger partial charge < -0.3 is 9.32 Å². The standard InChI is InChI=1S/C23H20F2N8O2/c24-23(25,16-7-13-3-1-2-4-14(13)8-16)22-26-10-15(11-27-22)21-31-30-19(35-21)9-20(34)33-6-5-17-18(12-33)29-32-28-17/h1-4,10-11,16H,5-9,12H2,(H,28,29,32). The summed E-state index contributed by atoms with van der Waals surface area (Å²) in [4.78, 5) is 22.1. The topological polar surface area (TPSA) is 127 Å². The van der Waals surface area contributed by atoms with Gasteiger partial charge in [0.2, 0.25) is 11.8 Å². The highest BCUT2D eigenvalue weighted by atomic mass is 19.3. The molecule has 1 amide bonds. The summed E-state index contributed by atoms with van der Waals surface area (Å²) in [5.41, 5.74) is 3.85. The molecule has 1 aliphatic heterocycles. The van der Waals surface area contributed by atoms with Crippen LogP contribution in [0.4, 0.5) is 8.78 Å². The van der Waals surface area contributed by atoms with Gasteiger partial charge in [0.1, 0.15) is 12.1 Å². The lowest BCUT2D eigenvalue weighted by atomic mass is 9.97. The minimum Gasteiger partial charge on any atom is -0.420 e. The summed E-state index contributed by atoms with van der Waals surface area (Å²) < 4.78 is 35.8. The molecular weight excluding hydrogens is 458 g/mol. The normalized spacial score (nSPS) is 15.8. The summed E-state index contributed by atoms with van der Waals surface area (Å²) >= 11 is 0. The zero-order valence-corrected chi connectivity index (χ0v) is 18.5. The van der Waals surface area contributed by atoms with Gasteiger partial charge in [0.15, 0.2) is 5.82 Å². The number of carbonyl (C=O) groups is 1. The predicted molar refractivity (Wildman–Crippen MR) is 116 cm³/mol. The molecule has 12 heteroatoms. The van der Waals surface area contributed by atoms with Crippen molar-refractivity contribution in [2.75, 3.05) is 6.54 Å². The molecule has 0 saturated carbocycles. The van der Waals surface area contributed by atoms with E-state index in [1.165, 1.54) is 12.4 Å². The lowest BCUT2D eigenvalue weighted by Gasteiger charge is -2.25. The summed E-state index contributed by atoms with van der Waals surface area (Å²) in [5.74, 6) is -4.61. The summed E-state index contributed by atoms with van der Waals surface area (Å²) in [6.07, 6.45) is 3.61. The number of aromatic amines is 1. The maximum atomic E-state index is 15.1. The van der Waals surface area contributed by atoms with Gasteiger partial charge in [-0.2, -0.15) is 8.78 Å². The van der Waals surface area contributed by atoms with Crippen LogP contribution in [0.25, 0.3) is 11.5 Å². The van der Waals surface area contributed by atoms with Crippen molar-refractivity contribution in [3.63, 3.8) is 0 Å². The molecule has 2 aliphatic rings. The third-order valence-electron chi connectivity index (χ3n) is 6.56. The first kappa shape index (κ1) is 21.4. The van der Waals surface area contributed by atoms with Crippen LogP contribution in [-0.2, 0) is 42.9 Å². The van der Waals surface area contributed by atoms with E-state index >= 15 is 8.78 Å². The molecule has 4 heterocycles. The number of nitrogens with one attached hydrogen (secondary N) is 1. The second-order valence-corrected chi connectivity index (χ2v) is 8.77. The number of hydrogen-bond donors (Lipinski definition) is 1. The van der Waals surface area contributed by atoms with Gasteiger partial charge >= 0.3 is 5.92 Å². The molecule has 35 heavy (non-hydrogen) atoms. The van der Waals surface area contributed by atoms with Gasteiger partial charge in [-0.1, -0.05) is 29.5 Å². The molecule has 3 aromatic heterocycles. The number of rotatable bonds is 5. The number of aromatic nitrogens is 7. The van der Waals surface area contributed by atoms with E-state index in [0.29, 0.717) is 25.1 Å². The first-order chi connectivity index (χ1) is 17.0. The smallest absolute Gasteiger partial charge is 0.309 e. The largest absolute Gasteiger partial charge is 0.420 e. The SMILES string of the molecule is O=C(Cc1nnc(-c2cnc(C(F)(F)C3Cc4ccccc4C3)nc2)o1)N1CCc2[nH]nnc2C1. The van der Waals surface area contributed by atoms with Crippen molar-refractivity contribution in [2.45, 2.75) is 38.2 Å². The predicted octanol–water partition coefficient (Wildman–Crippen LogP) is 2.28. The third kappa shape index (κ3) is 3.94. The monoisotopic (exact) mass is 478 g/mol. The highest BCUT2D eigenvalue weighted by Crippen LogP contribution is 2.42. The van der Waals surface area contributed by atoms with Crippen LogP contribution in [0.1, 0.15) is 34.2 Å². The van der Waals surface area contributed by atoms with E-state index in [2.05, 4.69) is 35.6 Å². The number of H-pyrrole nitrogens is 1. The zero-order chi connectivity index (χ0) is 24.0. The molecule has 0 atom stereocenters. The Kier molecular flexibility index (Phi) is 5.08. The lowest BCUT2D eigenvalue weighted by Crippen LogP contribution is -2.37. The Morgan fingerprint density at radius 1 is 1.11 bits per heavy atom. The van der Waals surface area contributed by atoms with Crippen molar-refractivity contribution in [3.8, 4) is 11.5 Å². The van der Waals surface area contributed by atoms with Crippen LogP contribution in [0, 0.1) is 5.92 Å². The molecule has 0 unspecified atom stereocenters. The van der Waals surface area contributed by atoms with Crippen molar-refractivity contribution < 1.29 is 18.0 Å². The number of halogens is 2. The zero-order valence-electron chi connectivity index (χ0n) is 18.5. The second kappa shape index (κ2) is 8.29. The number of benzene rings is 1. The van der Waals surface area contributed by atoms with Gasteiger partial charge in [-0.05, 0) is 24.0 Å². The van der Waals surface area contributed by atoms with Crippen LogP contribution < -0.4 is 0 Å². The Balaban J connectivity index is 1.12. The van der Waals surface area contributed by atoms with Gasteiger partial charge in [0, 0.05) is 31.3 Å². The van der Waals surface area contributed by atoms with E-state index in [-0.39, 0.29) is 37.0 Å². The van der Waals surface area contributed by atoms with Gasteiger partial charge in [-0.15, -0.1) is 15.3 Å². The number of alkyl halides is 2. The molecule has 0 radical (unpaired) electrons. The van der Waals surface area contributed by atoms with Crippen LogP contribution in [0.15, 0.2) is 41.1 Å². The van der Waals surface area contributed by atoms with E-state index in [0.717, 1.165) is 22.5 Å². The van der Waals surface area contributed by atoms with E-state index in [4.69, 9.17) is 4.42 Å².